The number of amides is 1. The van der Waals surface area contributed by atoms with Gasteiger partial charge in [-0.25, -0.2) is 0 Å². The van der Waals surface area contributed by atoms with E-state index in [1.165, 1.54) is 0 Å². The van der Waals surface area contributed by atoms with Crippen molar-refractivity contribution in [1.82, 2.24) is 24.8 Å². The van der Waals surface area contributed by atoms with Crippen LogP contribution in [-0.2, 0) is 6.54 Å². The molecule has 24 heavy (non-hydrogen) atoms. The van der Waals surface area contributed by atoms with Crippen LogP contribution in [0.1, 0.15) is 46.2 Å². The van der Waals surface area contributed by atoms with Crippen molar-refractivity contribution in [3.05, 3.63) is 53.4 Å². The fraction of sp³-hybridized carbons (Fsp3) is 0.444. The Morgan fingerprint density at radius 2 is 2.04 bits per heavy atom. The molecular weight excluding hydrogens is 302 g/mol. The van der Waals surface area contributed by atoms with E-state index in [4.69, 9.17) is 4.98 Å². The molecule has 6 heteroatoms. The van der Waals surface area contributed by atoms with Gasteiger partial charge in [0.25, 0.3) is 5.91 Å². The van der Waals surface area contributed by atoms with Crippen LogP contribution in [0.4, 0.5) is 0 Å². The number of likely N-dealkylation sites (tertiary alicyclic amines) is 1. The minimum Gasteiger partial charge on any atom is -0.330 e. The van der Waals surface area contributed by atoms with Crippen LogP contribution in [0.2, 0.25) is 0 Å². The van der Waals surface area contributed by atoms with Crippen LogP contribution in [0.3, 0.4) is 0 Å². The number of aromatic nitrogens is 3. The molecular formula is C18H23N5O. The average molecular weight is 325 g/mol. The summed E-state index contributed by atoms with van der Waals surface area (Å²) in [5.41, 5.74) is 3.43. The number of hydrogen-bond acceptors (Lipinski definition) is 5. The number of pyridine rings is 1. The van der Waals surface area contributed by atoms with Gasteiger partial charge in [0.15, 0.2) is 0 Å². The zero-order chi connectivity index (χ0) is 17.1. The second-order valence-corrected chi connectivity index (χ2v) is 6.58. The van der Waals surface area contributed by atoms with Crippen LogP contribution in [0, 0.1) is 6.92 Å². The van der Waals surface area contributed by atoms with Crippen molar-refractivity contribution in [1.29, 1.82) is 0 Å². The highest BCUT2D eigenvalue weighted by Gasteiger charge is 2.32. The van der Waals surface area contributed by atoms with Gasteiger partial charge in [0.1, 0.15) is 0 Å². The first-order valence-electron chi connectivity index (χ1n) is 8.23. The van der Waals surface area contributed by atoms with Crippen molar-refractivity contribution in [3.63, 3.8) is 0 Å². The predicted octanol–water partition coefficient (Wildman–Crippen LogP) is 2.22. The highest BCUT2D eigenvalue weighted by Crippen LogP contribution is 2.31. The van der Waals surface area contributed by atoms with Gasteiger partial charge in [-0.1, -0.05) is 0 Å². The summed E-state index contributed by atoms with van der Waals surface area (Å²) in [7, 11) is 4.01. The molecule has 1 fully saturated rings. The maximum absolute atomic E-state index is 12.9. The summed E-state index contributed by atoms with van der Waals surface area (Å²) in [5, 5.41) is 0. The van der Waals surface area contributed by atoms with Gasteiger partial charge in [0.05, 0.1) is 29.2 Å². The third-order valence-corrected chi connectivity index (χ3v) is 4.16. The zero-order valence-corrected chi connectivity index (χ0v) is 14.4. The van der Waals surface area contributed by atoms with E-state index in [0.29, 0.717) is 5.56 Å². The van der Waals surface area contributed by atoms with Gasteiger partial charge in [0, 0.05) is 31.7 Å². The second kappa shape index (κ2) is 7.05. The quantitative estimate of drug-likeness (QED) is 0.862. The van der Waals surface area contributed by atoms with Crippen LogP contribution in [0.25, 0.3) is 0 Å². The molecule has 0 unspecified atom stereocenters. The van der Waals surface area contributed by atoms with E-state index in [9.17, 15) is 4.79 Å². The Morgan fingerprint density at radius 3 is 2.79 bits per heavy atom. The van der Waals surface area contributed by atoms with Crippen LogP contribution >= 0.6 is 0 Å². The van der Waals surface area contributed by atoms with Gasteiger partial charge in [-0.3, -0.25) is 19.7 Å². The molecule has 126 valence electrons. The van der Waals surface area contributed by atoms with Crippen molar-refractivity contribution in [2.45, 2.75) is 32.4 Å². The topological polar surface area (TPSA) is 62.2 Å². The molecule has 1 atom stereocenters. The summed E-state index contributed by atoms with van der Waals surface area (Å²) in [6.07, 6.45) is 8.87. The predicted molar refractivity (Wildman–Crippen MR) is 91.4 cm³/mol. The molecule has 1 aliphatic heterocycles. The largest absolute Gasteiger partial charge is 0.330 e. The van der Waals surface area contributed by atoms with Crippen molar-refractivity contribution < 1.29 is 4.79 Å². The normalized spacial score (nSPS) is 17.5. The molecule has 3 heterocycles. The smallest absolute Gasteiger partial charge is 0.255 e. The van der Waals surface area contributed by atoms with Gasteiger partial charge in [-0.2, -0.15) is 0 Å². The van der Waals surface area contributed by atoms with Gasteiger partial charge in [-0.15, -0.1) is 0 Å². The molecule has 0 radical (unpaired) electrons. The number of hydrogen-bond donors (Lipinski definition) is 0. The van der Waals surface area contributed by atoms with Gasteiger partial charge >= 0.3 is 0 Å². The lowest BCUT2D eigenvalue weighted by Crippen LogP contribution is -2.31. The van der Waals surface area contributed by atoms with E-state index >= 15 is 0 Å². The van der Waals surface area contributed by atoms with Crippen LogP contribution in [0.5, 0.6) is 0 Å². The van der Waals surface area contributed by atoms with E-state index in [2.05, 4.69) is 14.9 Å². The number of carbonyl (C=O) groups is 1. The summed E-state index contributed by atoms with van der Waals surface area (Å²) in [5.74, 6) is 0.0218. The maximum atomic E-state index is 12.9. The summed E-state index contributed by atoms with van der Waals surface area (Å²) in [4.78, 5) is 30.0. The Morgan fingerprint density at radius 1 is 1.25 bits per heavy atom. The second-order valence-electron chi connectivity index (χ2n) is 6.58. The van der Waals surface area contributed by atoms with Gasteiger partial charge < -0.3 is 9.80 Å². The standard InChI is InChI=1S/C18H23N5O/c1-13-7-14(9-19-8-13)18(24)23-6-4-5-17(23)16-11-20-10-15(21-16)12-22(2)3/h7-11,17H,4-6,12H2,1-3H3/t17-/m0/s1. The first-order valence-corrected chi connectivity index (χ1v) is 8.23. The molecule has 1 saturated heterocycles. The third kappa shape index (κ3) is 3.59. The molecule has 0 bridgehead atoms. The maximum Gasteiger partial charge on any atom is 0.255 e. The molecule has 6 nitrogen and oxygen atoms in total. The molecule has 0 spiro atoms. The summed E-state index contributed by atoms with van der Waals surface area (Å²) in [6.45, 7) is 3.43. The minimum atomic E-state index is -0.00683. The van der Waals surface area contributed by atoms with Crippen molar-refractivity contribution in [3.8, 4) is 0 Å². The fourth-order valence-corrected chi connectivity index (χ4v) is 3.14. The highest BCUT2D eigenvalue weighted by atomic mass is 16.2. The molecule has 1 amide bonds. The average Bonchev–Trinajstić information content (AvgIpc) is 3.03. The molecule has 0 N–H and O–H groups in total. The highest BCUT2D eigenvalue weighted by molar-refractivity contribution is 5.94. The molecule has 1 aliphatic rings. The molecule has 0 saturated carbocycles. The molecule has 0 aliphatic carbocycles. The first-order chi connectivity index (χ1) is 11.5. The van der Waals surface area contributed by atoms with Crippen molar-refractivity contribution >= 4 is 5.91 Å². The van der Waals surface area contributed by atoms with Crippen molar-refractivity contribution in [2.75, 3.05) is 20.6 Å². The lowest BCUT2D eigenvalue weighted by atomic mass is 10.1. The lowest BCUT2D eigenvalue weighted by Gasteiger charge is -2.24. The molecule has 3 rings (SSSR count). The lowest BCUT2D eigenvalue weighted by molar-refractivity contribution is 0.0732. The third-order valence-electron chi connectivity index (χ3n) is 4.16. The summed E-state index contributed by atoms with van der Waals surface area (Å²) < 4.78 is 0. The van der Waals surface area contributed by atoms with E-state index in [0.717, 1.165) is 42.9 Å². The van der Waals surface area contributed by atoms with Crippen molar-refractivity contribution in [2.24, 2.45) is 0 Å². The Hall–Kier alpha value is -2.34. The van der Waals surface area contributed by atoms with Gasteiger partial charge in [-0.05, 0) is 45.5 Å². The monoisotopic (exact) mass is 325 g/mol. The van der Waals surface area contributed by atoms with E-state index in [1.807, 2.05) is 32.0 Å². The molecule has 2 aromatic rings. The van der Waals surface area contributed by atoms with Crippen LogP contribution in [-0.4, -0.2) is 51.3 Å². The van der Waals surface area contributed by atoms with E-state index < -0.39 is 0 Å². The Kier molecular flexibility index (Phi) is 4.85. The fourth-order valence-electron chi connectivity index (χ4n) is 3.14. The van der Waals surface area contributed by atoms with Crippen LogP contribution in [0.15, 0.2) is 30.9 Å². The number of nitrogens with zero attached hydrogens (tertiary/aromatic N) is 5. The number of carbonyl (C=O) groups excluding carboxylic acids is 1. The Balaban J connectivity index is 1.84. The Bertz CT molecular complexity index is 731. The van der Waals surface area contributed by atoms with Gasteiger partial charge in [0.2, 0.25) is 0 Å². The summed E-state index contributed by atoms with van der Waals surface area (Å²) >= 11 is 0. The van der Waals surface area contributed by atoms with E-state index in [1.54, 1.807) is 24.8 Å². The SMILES string of the molecule is Cc1cncc(C(=O)N2CCC[C@H]2c2cncc(CN(C)C)n2)c1. The zero-order valence-electron chi connectivity index (χ0n) is 14.4. The van der Waals surface area contributed by atoms with Crippen LogP contribution < -0.4 is 0 Å². The number of rotatable bonds is 4. The van der Waals surface area contributed by atoms with E-state index in [-0.39, 0.29) is 11.9 Å². The first kappa shape index (κ1) is 16.5. The molecule has 0 aromatic carbocycles. The Labute approximate surface area is 142 Å². The minimum absolute atomic E-state index is 0.00683. The summed E-state index contributed by atoms with van der Waals surface area (Å²) in [6, 6.07) is 1.88. The number of aryl methyl sites for hydroxylation is 1. The molecule has 2 aromatic heterocycles.